The van der Waals surface area contributed by atoms with Gasteiger partial charge in [-0.05, 0) is 43.0 Å². The van der Waals surface area contributed by atoms with E-state index in [1.54, 1.807) is 6.07 Å². The molecule has 0 amide bonds. The van der Waals surface area contributed by atoms with E-state index in [9.17, 15) is 15.3 Å². The predicted molar refractivity (Wildman–Crippen MR) is 87.1 cm³/mol. The Kier molecular flexibility index (Phi) is 3.53. The molecule has 1 fully saturated rings. The summed E-state index contributed by atoms with van der Waals surface area (Å²) in [6.45, 7) is 0.782. The van der Waals surface area contributed by atoms with Gasteiger partial charge in [0.15, 0.2) is 11.5 Å². The molecule has 1 aliphatic heterocycles. The van der Waals surface area contributed by atoms with Gasteiger partial charge in [-0.25, -0.2) is 0 Å². The molecule has 2 aliphatic carbocycles. The Labute approximate surface area is 140 Å². The van der Waals surface area contributed by atoms with Crippen molar-refractivity contribution in [1.82, 2.24) is 5.32 Å². The molecule has 2 bridgehead atoms. The topological polar surface area (TPSA) is 91.2 Å². The summed E-state index contributed by atoms with van der Waals surface area (Å²) in [5.41, 5.74) is 2.29. The van der Waals surface area contributed by atoms with Crippen molar-refractivity contribution in [3.8, 4) is 11.5 Å². The zero-order valence-corrected chi connectivity index (χ0v) is 13.9. The van der Waals surface area contributed by atoms with Crippen LogP contribution in [0, 0.1) is 0 Å². The molecule has 0 spiro atoms. The average Bonchev–Trinajstić information content (AvgIpc) is 2.55. The fourth-order valence-corrected chi connectivity index (χ4v) is 4.92. The molecule has 1 heterocycles. The number of aromatic hydroxyl groups is 1. The minimum absolute atomic E-state index is 0.0381. The first-order chi connectivity index (χ1) is 11.5. The Bertz CT molecular complexity index is 716. The van der Waals surface area contributed by atoms with Crippen LogP contribution in [0.25, 0.3) is 0 Å². The summed E-state index contributed by atoms with van der Waals surface area (Å²) >= 11 is 0. The molecule has 6 heteroatoms. The summed E-state index contributed by atoms with van der Waals surface area (Å²) < 4.78 is 10.8. The van der Waals surface area contributed by atoms with Crippen LogP contribution in [0.3, 0.4) is 0 Å². The highest BCUT2D eigenvalue weighted by Crippen LogP contribution is 2.57. The van der Waals surface area contributed by atoms with E-state index >= 15 is 0 Å². The lowest BCUT2D eigenvalue weighted by Gasteiger charge is -2.53. The van der Waals surface area contributed by atoms with Crippen molar-refractivity contribution in [3.05, 3.63) is 34.6 Å². The van der Waals surface area contributed by atoms with E-state index in [4.69, 9.17) is 9.47 Å². The molecule has 0 aromatic heterocycles. The summed E-state index contributed by atoms with van der Waals surface area (Å²) in [4.78, 5) is 0. The number of hydrogen-bond donors (Lipinski definition) is 4. The lowest BCUT2D eigenvalue weighted by atomic mass is 9.55. The van der Waals surface area contributed by atoms with Crippen LogP contribution in [-0.4, -0.2) is 54.3 Å². The quantitative estimate of drug-likeness (QED) is 0.633. The number of fused-ring (bicyclic) bond motifs is 1. The van der Waals surface area contributed by atoms with Crippen molar-refractivity contribution in [2.45, 2.75) is 42.9 Å². The lowest BCUT2D eigenvalue weighted by molar-refractivity contribution is -0.0260. The molecule has 0 unspecified atom stereocenters. The Morgan fingerprint density at radius 3 is 2.71 bits per heavy atom. The summed E-state index contributed by atoms with van der Waals surface area (Å²) in [5.74, 6) is 0.991. The first-order valence-electron chi connectivity index (χ1n) is 8.31. The summed E-state index contributed by atoms with van der Waals surface area (Å²) in [7, 11) is 3.05. The van der Waals surface area contributed by atoms with Crippen molar-refractivity contribution in [1.29, 1.82) is 0 Å². The second kappa shape index (κ2) is 5.37. The van der Waals surface area contributed by atoms with E-state index in [-0.39, 0.29) is 11.8 Å². The van der Waals surface area contributed by atoms with Gasteiger partial charge in [0.2, 0.25) is 0 Å². The zero-order chi connectivity index (χ0) is 17.1. The fourth-order valence-electron chi connectivity index (χ4n) is 4.92. The highest BCUT2D eigenvalue weighted by molar-refractivity contribution is 5.62. The summed E-state index contributed by atoms with van der Waals surface area (Å²) in [6, 6.07) is 3.80. The van der Waals surface area contributed by atoms with Crippen molar-refractivity contribution >= 4 is 0 Å². The van der Waals surface area contributed by atoms with E-state index in [2.05, 4.69) is 5.32 Å². The molecule has 130 valence electrons. The van der Waals surface area contributed by atoms with E-state index in [0.717, 1.165) is 29.7 Å². The number of phenols is 1. The minimum Gasteiger partial charge on any atom is -0.504 e. The van der Waals surface area contributed by atoms with Gasteiger partial charge in [0.25, 0.3) is 0 Å². The molecule has 1 saturated heterocycles. The zero-order valence-electron chi connectivity index (χ0n) is 13.9. The van der Waals surface area contributed by atoms with Crippen molar-refractivity contribution in [3.63, 3.8) is 0 Å². The molecular formula is C18H23NO5. The second-order valence-electron chi connectivity index (χ2n) is 6.89. The number of aliphatic hydroxyl groups is 2. The number of nitrogens with one attached hydrogen (secondary N) is 1. The average molecular weight is 333 g/mol. The minimum atomic E-state index is -1.03. The summed E-state index contributed by atoms with van der Waals surface area (Å²) in [5, 5.41) is 35.2. The fraction of sp³-hybridized carbons (Fsp3) is 0.556. The number of phenolic OH excluding ortho intramolecular Hbond substituents is 1. The number of aliphatic hydroxyl groups excluding tert-OH is 2. The Morgan fingerprint density at radius 2 is 2.00 bits per heavy atom. The van der Waals surface area contributed by atoms with Crippen LogP contribution < -0.4 is 10.1 Å². The highest BCUT2D eigenvalue weighted by Gasteiger charge is 2.55. The van der Waals surface area contributed by atoms with Gasteiger partial charge >= 0.3 is 0 Å². The van der Waals surface area contributed by atoms with Crippen molar-refractivity contribution in [2.24, 2.45) is 0 Å². The van der Waals surface area contributed by atoms with E-state index in [1.165, 1.54) is 14.2 Å². The number of ether oxygens (including phenoxy) is 2. The SMILES string of the molecule is COC1=C2[C@H]3Cc4ccc(OC)c(O)c4[C@]2(CCN3)C[C@H](O)[C@@H]1O. The van der Waals surface area contributed by atoms with Crippen LogP contribution in [0.2, 0.25) is 0 Å². The highest BCUT2D eigenvalue weighted by atomic mass is 16.5. The number of rotatable bonds is 2. The molecule has 4 rings (SSSR count). The number of methoxy groups -OCH3 is 2. The second-order valence-corrected chi connectivity index (χ2v) is 6.89. The standard InChI is InChI=1S/C18H23NO5/c1-23-12-4-3-9-7-10-14-17(24-2)15(21)11(20)8-18(14,5-6-19-10)13(9)16(12)22/h3-4,10-11,15,19-22H,5-8H2,1-2H3/t10-,11+,15+,18+/m1/s1. The van der Waals surface area contributed by atoms with Crippen LogP contribution in [-0.2, 0) is 16.6 Å². The molecule has 4 atom stereocenters. The van der Waals surface area contributed by atoms with Gasteiger partial charge < -0.3 is 30.1 Å². The molecule has 1 aromatic rings. The molecule has 0 saturated carbocycles. The van der Waals surface area contributed by atoms with Gasteiger partial charge in [0.05, 0.1) is 20.3 Å². The number of benzene rings is 1. The predicted octanol–water partition coefficient (Wildman–Crippen LogP) is 0.583. The monoisotopic (exact) mass is 333 g/mol. The maximum absolute atomic E-state index is 10.8. The molecule has 1 aromatic carbocycles. The van der Waals surface area contributed by atoms with Crippen molar-refractivity contribution in [2.75, 3.05) is 20.8 Å². The normalized spacial score (nSPS) is 34.4. The van der Waals surface area contributed by atoms with Crippen LogP contribution in [0.1, 0.15) is 24.0 Å². The van der Waals surface area contributed by atoms with Crippen LogP contribution >= 0.6 is 0 Å². The molecule has 6 nitrogen and oxygen atoms in total. The lowest BCUT2D eigenvalue weighted by Crippen LogP contribution is -2.59. The molecular weight excluding hydrogens is 310 g/mol. The first-order valence-corrected chi connectivity index (χ1v) is 8.31. The van der Waals surface area contributed by atoms with Gasteiger partial charge in [-0.3, -0.25) is 0 Å². The summed E-state index contributed by atoms with van der Waals surface area (Å²) in [6.07, 6.45) is -0.167. The number of hydrogen-bond acceptors (Lipinski definition) is 6. The third kappa shape index (κ3) is 1.87. The van der Waals surface area contributed by atoms with Gasteiger partial charge in [-0.1, -0.05) is 6.07 Å². The Morgan fingerprint density at radius 1 is 1.21 bits per heavy atom. The molecule has 24 heavy (non-hydrogen) atoms. The van der Waals surface area contributed by atoms with Gasteiger partial charge in [0, 0.05) is 17.0 Å². The Hall–Kier alpha value is -1.76. The smallest absolute Gasteiger partial charge is 0.162 e. The van der Waals surface area contributed by atoms with Gasteiger partial charge in [-0.15, -0.1) is 0 Å². The number of piperidine rings is 1. The third-order valence-electron chi connectivity index (χ3n) is 5.83. The molecule has 3 aliphatic rings. The van der Waals surface area contributed by atoms with Crippen molar-refractivity contribution < 1.29 is 24.8 Å². The first kappa shape index (κ1) is 15.7. The van der Waals surface area contributed by atoms with E-state index in [0.29, 0.717) is 24.4 Å². The largest absolute Gasteiger partial charge is 0.504 e. The maximum Gasteiger partial charge on any atom is 0.162 e. The molecule has 4 N–H and O–H groups in total. The van der Waals surface area contributed by atoms with Crippen LogP contribution in [0.5, 0.6) is 11.5 Å². The van der Waals surface area contributed by atoms with Gasteiger partial charge in [0.1, 0.15) is 11.9 Å². The third-order valence-corrected chi connectivity index (χ3v) is 5.83. The Balaban J connectivity index is 2.04. The van der Waals surface area contributed by atoms with Gasteiger partial charge in [-0.2, -0.15) is 0 Å². The maximum atomic E-state index is 10.8. The van der Waals surface area contributed by atoms with E-state index < -0.39 is 17.6 Å². The van der Waals surface area contributed by atoms with E-state index in [1.807, 2.05) is 6.07 Å². The van der Waals surface area contributed by atoms with Crippen LogP contribution in [0.4, 0.5) is 0 Å². The van der Waals surface area contributed by atoms with Crippen LogP contribution in [0.15, 0.2) is 23.5 Å². The molecule has 0 radical (unpaired) electrons.